The van der Waals surface area contributed by atoms with Crippen molar-refractivity contribution in [3.63, 3.8) is 0 Å². The molecule has 0 spiro atoms. The first-order chi connectivity index (χ1) is 11.4. The summed E-state index contributed by atoms with van der Waals surface area (Å²) in [6.07, 6.45) is 5.20. The van der Waals surface area contributed by atoms with Crippen molar-refractivity contribution in [2.45, 2.75) is 68.1 Å². The Labute approximate surface area is 158 Å². The number of halogens is 1. The lowest BCUT2D eigenvalue weighted by molar-refractivity contribution is -1.07. The van der Waals surface area contributed by atoms with Crippen molar-refractivity contribution < 1.29 is 20.1 Å². The summed E-state index contributed by atoms with van der Waals surface area (Å²) >= 11 is 2.24. The van der Waals surface area contributed by atoms with Gasteiger partial charge >= 0.3 is 0 Å². The van der Waals surface area contributed by atoms with Crippen molar-refractivity contribution in [1.29, 1.82) is 0 Å². The first-order valence-electron chi connectivity index (χ1n) is 9.36. The van der Waals surface area contributed by atoms with Crippen molar-refractivity contribution in [3.8, 4) is 0 Å². The number of hydrogen-bond acceptors (Lipinski definition) is 4. The van der Waals surface area contributed by atoms with Crippen LogP contribution in [0.15, 0.2) is 0 Å². The molecule has 8 atom stereocenters. The highest BCUT2D eigenvalue weighted by Gasteiger charge is 2.46. The van der Waals surface area contributed by atoms with Gasteiger partial charge in [-0.25, -0.2) is 15.3 Å². The van der Waals surface area contributed by atoms with E-state index < -0.39 is 5.23 Å². The Bertz CT molecular complexity index is 464. The summed E-state index contributed by atoms with van der Waals surface area (Å²) < 4.78 is 0.164. The highest BCUT2D eigenvalue weighted by Crippen LogP contribution is 2.29. The number of hydroxylamine groups is 2. The summed E-state index contributed by atoms with van der Waals surface area (Å²) in [7, 11) is 0. The fourth-order valence-electron chi connectivity index (χ4n) is 4.91. The third-order valence-corrected chi connectivity index (χ3v) is 7.95. The van der Waals surface area contributed by atoms with Gasteiger partial charge in [-0.1, -0.05) is 29.5 Å². The SMILES string of the molecule is CC1CCN2CC(C)[NH+](CC(=O)C3CCC(I)C([NH+]([O-])O)C3)C2C1. The maximum Gasteiger partial charge on any atom is 0.190 e. The maximum absolute atomic E-state index is 12.9. The molecule has 3 aliphatic rings. The lowest BCUT2D eigenvalue weighted by atomic mass is 9.83. The molecule has 0 amide bonds. The van der Waals surface area contributed by atoms with Crippen LogP contribution in [0.3, 0.4) is 0 Å². The van der Waals surface area contributed by atoms with Crippen LogP contribution in [0.2, 0.25) is 0 Å². The molecule has 138 valence electrons. The minimum atomic E-state index is -0.735. The Balaban J connectivity index is 1.61. The lowest BCUT2D eigenvalue weighted by Gasteiger charge is -2.37. The average Bonchev–Trinajstić information content (AvgIpc) is 2.83. The highest BCUT2D eigenvalue weighted by molar-refractivity contribution is 14.1. The number of quaternary nitrogens is 2. The Morgan fingerprint density at radius 1 is 1.33 bits per heavy atom. The molecule has 24 heavy (non-hydrogen) atoms. The van der Waals surface area contributed by atoms with E-state index in [1.54, 1.807) is 0 Å². The number of fused-ring (bicyclic) bond motifs is 1. The molecule has 2 aliphatic heterocycles. The Kier molecular flexibility index (Phi) is 6.20. The van der Waals surface area contributed by atoms with E-state index in [1.807, 2.05) is 0 Å². The number of nitrogens with one attached hydrogen (secondary N) is 2. The van der Waals surface area contributed by atoms with Crippen LogP contribution in [0.4, 0.5) is 0 Å². The molecule has 1 aliphatic carbocycles. The van der Waals surface area contributed by atoms with Crippen LogP contribution in [0.1, 0.15) is 46.0 Å². The van der Waals surface area contributed by atoms with E-state index in [0.717, 1.165) is 31.8 Å². The van der Waals surface area contributed by atoms with E-state index in [2.05, 4.69) is 41.3 Å². The monoisotopic (exact) mass is 452 g/mol. The molecule has 2 saturated heterocycles. The molecular formula is C17H31IN3O3+. The van der Waals surface area contributed by atoms with Gasteiger partial charge in [0.1, 0.15) is 18.8 Å². The summed E-state index contributed by atoms with van der Waals surface area (Å²) in [4.78, 5) is 16.9. The molecule has 0 aromatic rings. The van der Waals surface area contributed by atoms with Crippen LogP contribution >= 0.6 is 22.6 Å². The summed E-state index contributed by atoms with van der Waals surface area (Å²) in [6.45, 7) is 7.41. The van der Waals surface area contributed by atoms with Gasteiger partial charge in [-0.3, -0.25) is 4.79 Å². The summed E-state index contributed by atoms with van der Waals surface area (Å²) in [5.74, 6) is 0.992. The molecular weight excluding hydrogens is 421 g/mol. The van der Waals surface area contributed by atoms with Gasteiger partial charge in [0.15, 0.2) is 5.78 Å². The maximum atomic E-state index is 12.9. The topological polar surface area (TPSA) is 72.5 Å². The average molecular weight is 452 g/mol. The van der Waals surface area contributed by atoms with Gasteiger partial charge in [0, 0.05) is 25.3 Å². The Hall–Kier alpha value is 0.200. The zero-order valence-corrected chi connectivity index (χ0v) is 16.9. The first kappa shape index (κ1) is 19.0. The molecule has 0 bridgehead atoms. The van der Waals surface area contributed by atoms with Gasteiger partial charge in [-0.15, -0.1) is 0 Å². The molecule has 0 radical (unpaired) electrons. The molecule has 1 saturated carbocycles. The normalized spacial score (nSPS) is 45.0. The van der Waals surface area contributed by atoms with Crippen molar-refractivity contribution in [2.75, 3.05) is 19.6 Å². The number of alkyl halides is 1. The third-order valence-electron chi connectivity index (χ3n) is 6.46. The van der Waals surface area contributed by atoms with Gasteiger partial charge in [-0.05, 0) is 32.1 Å². The molecule has 0 aromatic heterocycles. The summed E-state index contributed by atoms with van der Waals surface area (Å²) in [5, 5.41) is 20.1. The van der Waals surface area contributed by atoms with E-state index in [0.29, 0.717) is 31.0 Å². The van der Waals surface area contributed by atoms with Gasteiger partial charge in [-0.2, -0.15) is 0 Å². The smallest absolute Gasteiger partial charge is 0.190 e. The zero-order valence-electron chi connectivity index (χ0n) is 14.7. The number of nitrogens with zero attached hydrogens (tertiary/aromatic N) is 1. The van der Waals surface area contributed by atoms with E-state index in [-0.39, 0.29) is 15.9 Å². The fourth-order valence-corrected chi connectivity index (χ4v) is 5.87. The minimum Gasteiger partial charge on any atom is -0.600 e. The van der Waals surface area contributed by atoms with Gasteiger partial charge in [0.2, 0.25) is 0 Å². The van der Waals surface area contributed by atoms with E-state index in [9.17, 15) is 15.2 Å². The second-order valence-corrected chi connectivity index (χ2v) is 9.83. The van der Waals surface area contributed by atoms with Gasteiger partial charge in [0.25, 0.3) is 0 Å². The van der Waals surface area contributed by atoms with Crippen molar-refractivity contribution in [3.05, 3.63) is 5.21 Å². The Morgan fingerprint density at radius 2 is 2.08 bits per heavy atom. The standard InChI is InChI=1S/C17H30IN3O3/c1-11-5-6-19-9-12(2)20(17(19)7-11)10-16(22)13-3-4-14(18)15(8-13)21(23)24/h11-15,17,21,23H,3-10H2,1-2H3/p+1. The zero-order chi connectivity index (χ0) is 17.4. The second-order valence-electron chi connectivity index (χ2n) is 8.23. The second kappa shape index (κ2) is 7.84. The van der Waals surface area contributed by atoms with Gasteiger partial charge in [0.05, 0.1) is 16.5 Å². The highest BCUT2D eigenvalue weighted by atomic mass is 127. The van der Waals surface area contributed by atoms with Crippen LogP contribution in [0, 0.1) is 17.0 Å². The predicted octanol–water partition coefficient (Wildman–Crippen LogP) is -0.355. The number of carbonyl (C=O) groups excluding carboxylic acids is 1. The quantitative estimate of drug-likeness (QED) is 0.310. The number of Topliss-reactive ketones (excluding diaryl/α,β-unsaturated/α-hetero) is 1. The largest absolute Gasteiger partial charge is 0.600 e. The van der Waals surface area contributed by atoms with Crippen molar-refractivity contribution in [1.82, 2.24) is 4.90 Å². The van der Waals surface area contributed by atoms with Gasteiger partial charge < -0.3 is 10.1 Å². The number of hydrogen-bond donors (Lipinski definition) is 3. The number of ketones is 1. The van der Waals surface area contributed by atoms with Crippen LogP contribution in [-0.2, 0) is 4.79 Å². The molecule has 7 heteroatoms. The van der Waals surface area contributed by atoms with Crippen LogP contribution < -0.4 is 10.1 Å². The van der Waals surface area contributed by atoms with Crippen molar-refractivity contribution >= 4 is 28.4 Å². The third kappa shape index (κ3) is 3.96. The lowest BCUT2D eigenvalue weighted by Crippen LogP contribution is -3.18. The number of carbonyl (C=O) groups is 1. The fraction of sp³-hybridized carbons (Fsp3) is 0.941. The van der Waals surface area contributed by atoms with Crippen LogP contribution in [0.25, 0.3) is 0 Å². The van der Waals surface area contributed by atoms with E-state index in [4.69, 9.17) is 0 Å². The van der Waals surface area contributed by atoms with E-state index in [1.165, 1.54) is 17.7 Å². The van der Waals surface area contributed by atoms with Crippen LogP contribution in [0.5, 0.6) is 0 Å². The minimum absolute atomic E-state index is 0.0492. The number of rotatable bonds is 4. The molecule has 3 rings (SSSR count). The predicted molar refractivity (Wildman–Crippen MR) is 99.1 cm³/mol. The molecule has 8 unspecified atom stereocenters. The Morgan fingerprint density at radius 3 is 2.79 bits per heavy atom. The molecule has 3 N–H and O–H groups in total. The molecule has 3 fully saturated rings. The van der Waals surface area contributed by atoms with E-state index >= 15 is 0 Å². The summed E-state index contributed by atoms with van der Waals surface area (Å²) in [6, 6.07) is 0.144. The molecule has 2 heterocycles. The summed E-state index contributed by atoms with van der Waals surface area (Å²) in [5.41, 5.74) is 0. The molecule has 6 nitrogen and oxygen atoms in total. The van der Waals surface area contributed by atoms with Crippen molar-refractivity contribution in [2.24, 2.45) is 11.8 Å². The molecule has 0 aromatic carbocycles. The number of piperidine rings is 1. The van der Waals surface area contributed by atoms with Crippen LogP contribution in [-0.4, -0.2) is 57.7 Å². The first-order valence-corrected chi connectivity index (χ1v) is 10.6.